The Labute approximate surface area is 111 Å². The lowest BCUT2D eigenvalue weighted by atomic mass is 10.0. The van der Waals surface area contributed by atoms with Crippen LogP contribution in [-0.4, -0.2) is 28.9 Å². The maximum atomic E-state index is 11.4. The van der Waals surface area contributed by atoms with E-state index >= 15 is 0 Å². The highest BCUT2D eigenvalue weighted by atomic mass is 16.5. The molecule has 0 aliphatic heterocycles. The van der Waals surface area contributed by atoms with Crippen molar-refractivity contribution in [2.24, 2.45) is 0 Å². The Morgan fingerprint density at radius 1 is 1.16 bits per heavy atom. The topological polar surface area (TPSA) is 66.8 Å². The van der Waals surface area contributed by atoms with Crippen LogP contribution in [-0.2, 0) is 9.53 Å². The summed E-state index contributed by atoms with van der Waals surface area (Å²) in [5.74, 6) is -0.817. The van der Waals surface area contributed by atoms with Gasteiger partial charge in [-0.2, -0.15) is 0 Å². The second-order valence-electron chi connectivity index (χ2n) is 4.25. The van der Waals surface area contributed by atoms with Gasteiger partial charge < -0.3 is 14.9 Å². The van der Waals surface area contributed by atoms with Crippen LogP contribution in [0.5, 0.6) is 0 Å². The van der Waals surface area contributed by atoms with Gasteiger partial charge in [-0.25, -0.2) is 4.79 Å². The molecule has 19 heavy (non-hydrogen) atoms. The third-order valence-electron chi connectivity index (χ3n) is 2.94. The molecule has 0 amide bonds. The molecule has 0 saturated heterocycles. The van der Waals surface area contributed by atoms with Crippen molar-refractivity contribution >= 4 is 16.7 Å². The molecular weight excluding hydrogens is 244 g/mol. The van der Waals surface area contributed by atoms with Crippen LogP contribution < -0.4 is 0 Å². The van der Waals surface area contributed by atoms with Crippen molar-refractivity contribution in [1.82, 2.24) is 0 Å². The molecule has 2 unspecified atom stereocenters. The molecule has 0 fully saturated rings. The van der Waals surface area contributed by atoms with Gasteiger partial charge >= 0.3 is 5.97 Å². The molecule has 0 aliphatic carbocycles. The lowest BCUT2D eigenvalue weighted by Crippen LogP contribution is -2.29. The van der Waals surface area contributed by atoms with E-state index in [9.17, 15) is 15.0 Å². The van der Waals surface area contributed by atoms with Crippen LogP contribution in [0, 0.1) is 0 Å². The zero-order chi connectivity index (χ0) is 13.8. The Bertz CT molecular complexity index is 579. The predicted molar refractivity (Wildman–Crippen MR) is 71.5 cm³/mol. The van der Waals surface area contributed by atoms with E-state index in [0.29, 0.717) is 5.56 Å². The number of rotatable bonds is 4. The lowest BCUT2D eigenvalue weighted by molar-refractivity contribution is -0.159. The molecule has 2 atom stereocenters. The molecule has 2 rings (SSSR count). The molecule has 0 bridgehead atoms. The molecule has 100 valence electrons. The fourth-order valence-electron chi connectivity index (χ4n) is 1.93. The minimum Gasteiger partial charge on any atom is -0.464 e. The van der Waals surface area contributed by atoms with Gasteiger partial charge in [-0.15, -0.1) is 0 Å². The van der Waals surface area contributed by atoms with Crippen molar-refractivity contribution in [3.8, 4) is 0 Å². The standard InChI is InChI=1S/C15H16O4/c1-2-19-15(18)14(17)13(16)12-8-7-10-5-3-4-6-11(10)9-12/h3-9,13-14,16-17H,2H2,1H3. The van der Waals surface area contributed by atoms with Crippen molar-refractivity contribution in [2.45, 2.75) is 19.1 Å². The van der Waals surface area contributed by atoms with E-state index in [1.807, 2.05) is 30.3 Å². The molecule has 4 heteroatoms. The number of hydrogen-bond donors (Lipinski definition) is 2. The summed E-state index contributed by atoms with van der Waals surface area (Å²) in [6.45, 7) is 1.81. The number of hydrogen-bond acceptors (Lipinski definition) is 4. The highest BCUT2D eigenvalue weighted by Crippen LogP contribution is 2.23. The van der Waals surface area contributed by atoms with E-state index in [1.54, 1.807) is 19.1 Å². The molecule has 0 aromatic heterocycles. The van der Waals surface area contributed by atoms with Gasteiger partial charge in [0.15, 0.2) is 6.10 Å². The Hall–Kier alpha value is -1.91. The van der Waals surface area contributed by atoms with E-state index in [2.05, 4.69) is 4.74 Å². The average molecular weight is 260 g/mol. The maximum absolute atomic E-state index is 11.4. The summed E-state index contributed by atoms with van der Waals surface area (Å²) in [5, 5.41) is 21.7. The summed E-state index contributed by atoms with van der Waals surface area (Å²) in [5.41, 5.74) is 0.485. The average Bonchev–Trinajstić information content (AvgIpc) is 2.45. The fraction of sp³-hybridized carbons (Fsp3) is 0.267. The largest absolute Gasteiger partial charge is 0.464 e. The first-order chi connectivity index (χ1) is 9.13. The first-order valence-electron chi connectivity index (χ1n) is 6.15. The van der Waals surface area contributed by atoms with Crippen molar-refractivity contribution in [3.05, 3.63) is 48.0 Å². The van der Waals surface area contributed by atoms with Crippen LogP contribution in [0.3, 0.4) is 0 Å². The predicted octanol–water partition coefficient (Wildman–Crippen LogP) is 1.80. The van der Waals surface area contributed by atoms with Crippen LogP contribution in [0.25, 0.3) is 10.8 Å². The summed E-state index contributed by atoms with van der Waals surface area (Å²) >= 11 is 0. The second kappa shape index (κ2) is 5.82. The van der Waals surface area contributed by atoms with Gasteiger partial charge in [0.05, 0.1) is 6.61 Å². The molecule has 4 nitrogen and oxygen atoms in total. The molecule has 2 aromatic rings. The van der Waals surface area contributed by atoms with Crippen molar-refractivity contribution < 1.29 is 19.7 Å². The van der Waals surface area contributed by atoms with Crippen LogP contribution in [0.2, 0.25) is 0 Å². The fourth-order valence-corrected chi connectivity index (χ4v) is 1.93. The molecule has 0 spiro atoms. The number of carbonyl (C=O) groups excluding carboxylic acids is 1. The maximum Gasteiger partial charge on any atom is 0.338 e. The number of esters is 1. The third-order valence-corrected chi connectivity index (χ3v) is 2.94. The highest BCUT2D eigenvalue weighted by molar-refractivity contribution is 5.83. The first-order valence-corrected chi connectivity index (χ1v) is 6.15. The monoisotopic (exact) mass is 260 g/mol. The first kappa shape index (κ1) is 13.5. The van der Waals surface area contributed by atoms with Gasteiger partial charge in [-0.1, -0.05) is 36.4 Å². The summed E-state index contributed by atoms with van der Waals surface area (Å²) in [4.78, 5) is 11.4. The Balaban J connectivity index is 2.25. The van der Waals surface area contributed by atoms with Crippen molar-refractivity contribution in [3.63, 3.8) is 0 Å². The normalized spacial score (nSPS) is 14.1. The number of aliphatic hydroxyl groups is 2. The van der Waals surface area contributed by atoms with Crippen LogP contribution in [0.4, 0.5) is 0 Å². The summed E-state index contributed by atoms with van der Waals surface area (Å²) in [7, 11) is 0. The van der Waals surface area contributed by atoms with Gasteiger partial charge in [0.25, 0.3) is 0 Å². The highest BCUT2D eigenvalue weighted by Gasteiger charge is 2.26. The Morgan fingerprint density at radius 3 is 2.53 bits per heavy atom. The summed E-state index contributed by atoms with van der Waals surface area (Å²) in [6.07, 6.45) is -2.86. The zero-order valence-corrected chi connectivity index (χ0v) is 10.6. The number of carbonyl (C=O) groups is 1. The molecule has 2 N–H and O–H groups in total. The van der Waals surface area contributed by atoms with E-state index in [-0.39, 0.29) is 6.61 Å². The minimum absolute atomic E-state index is 0.167. The third kappa shape index (κ3) is 2.92. The Morgan fingerprint density at radius 2 is 1.84 bits per heavy atom. The van der Waals surface area contributed by atoms with E-state index in [1.165, 1.54) is 0 Å². The van der Waals surface area contributed by atoms with Crippen LogP contribution >= 0.6 is 0 Å². The molecule has 0 aliphatic rings. The Kier molecular flexibility index (Phi) is 4.14. The number of fused-ring (bicyclic) bond motifs is 1. The smallest absolute Gasteiger partial charge is 0.338 e. The number of aliphatic hydroxyl groups excluding tert-OH is 2. The molecular formula is C15H16O4. The van der Waals surface area contributed by atoms with Gasteiger partial charge in [0, 0.05) is 0 Å². The van der Waals surface area contributed by atoms with Gasteiger partial charge in [0.1, 0.15) is 6.10 Å². The van der Waals surface area contributed by atoms with E-state index in [0.717, 1.165) is 10.8 Å². The summed E-state index contributed by atoms with van der Waals surface area (Å²) < 4.78 is 4.68. The van der Waals surface area contributed by atoms with Crippen LogP contribution in [0.1, 0.15) is 18.6 Å². The number of benzene rings is 2. The molecule has 2 aromatic carbocycles. The molecule has 0 radical (unpaired) electrons. The second-order valence-corrected chi connectivity index (χ2v) is 4.25. The van der Waals surface area contributed by atoms with Crippen LogP contribution in [0.15, 0.2) is 42.5 Å². The minimum atomic E-state index is -1.57. The van der Waals surface area contributed by atoms with Gasteiger partial charge in [-0.3, -0.25) is 0 Å². The van der Waals surface area contributed by atoms with E-state index < -0.39 is 18.2 Å². The van der Waals surface area contributed by atoms with Crippen molar-refractivity contribution in [2.75, 3.05) is 6.61 Å². The summed E-state index contributed by atoms with van der Waals surface area (Å²) in [6, 6.07) is 12.9. The molecule has 0 heterocycles. The number of ether oxygens (including phenoxy) is 1. The SMILES string of the molecule is CCOC(=O)C(O)C(O)c1ccc2ccccc2c1. The molecule has 0 saturated carbocycles. The zero-order valence-electron chi connectivity index (χ0n) is 10.6. The van der Waals surface area contributed by atoms with Crippen molar-refractivity contribution in [1.29, 1.82) is 0 Å². The van der Waals surface area contributed by atoms with E-state index in [4.69, 9.17) is 0 Å². The quantitative estimate of drug-likeness (QED) is 0.823. The lowest BCUT2D eigenvalue weighted by Gasteiger charge is -2.17. The van der Waals surface area contributed by atoms with Gasteiger partial charge in [-0.05, 0) is 29.3 Å². The van der Waals surface area contributed by atoms with Gasteiger partial charge in [0.2, 0.25) is 0 Å².